The van der Waals surface area contributed by atoms with Crippen LogP contribution in [0.4, 0.5) is 0 Å². The molecule has 0 unspecified atom stereocenters. The number of rotatable bonds is 0. The zero-order chi connectivity index (χ0) is 11.0. The molecule has 0 fully saturated rings. The van der Waals surface area contributed by atoms with Gasteiger partial charge < -0.3 is 4.98 Å². The number of pyridine rings is 1. The fourth-order valence-corrected chi connectivity index (χ4v) is 1.80. The van der Waals surface area contributed by atoms with Gasteiger partial charge in [0.2, 0.25) is 0 Å². The van der Waals surface area contributed by atoms with E-state index >= 15 is 0 Å². The van der Waals surface area contributed by atoms with Crippen molar-refractivity contribution in [3.63, 3.8) is 0 Å². The molecule has 1 heterocycles. The Bertz CT molecular complexity index is 637. The summed E-state index contributed by atoms with van der Waals surface area (Å²) in [6, 6.07) is 7.20. The summed E-state index contributed by atoms with van der Waals surface area (Å²) < 4.78 is 0. The third-order valence-corrected chi connectivity index (χ3v) is 2.68. The maximum Gasteiger partial charge on any atom is 0.266 e. The number of aromatic amines is 1. The van der Waals surface area contributed by atoms with Gasteiger partial charge in [0.25, 0.3) is 5.56 Å². The molecule has 0 radical (unpaired) electrons. The second-order valence-corrected chi connectivity index (χ2v) is 3.64. The van der Waals surface area contributed by atoms with Crippen LogP contribution in [-0.2, 0) is 0 Å². The van der Waals surface area contributed by atoms with Crippen molar-refractivity contribution in [2.45, 2.75) is 6.92 Å². The zero-order valence-electron chi connectivity index (χ0n) is 7.97. The number of halogens is 1. The fourth-order valence-electron chi connectivity index (χ4n) is 1.58. The lowest BCUT2D eigenvalue weighted by atomic mass is 10.1. The van der Waals surface area contributed by atoms with E-state index in [1.165, 1.54) is 0 Å². The van der Waals surface area contributed by atoms with E-state index in [1.54, 1.807) is 19.1 Å². The molecule has 1 aromatic heterocycles. The predicted octanol–water partition coefficient (Wildman–Crippen LogP) is 2.36. The van der Waals surface area contributed by atoms with Crippen molar-refractivity contribution in [1.29, 1.82) is 5.26 Å². The number of nitriles is 1. The van der Waals surface area contributed by atoms with Gasteiger partial charge in [0, 0.05) is 5.39 Å². The van der Waals surface area contributed by atoms with Gasteiger partial charge in [0.1, 0.15) is 11.6 Å². The van der Waals surface area contributed by atoms with Crippen LogP contribution in [-0.4, -0.2) is 4.98 Å². The van der Waals surface area contributed by atoms with E-state index in [-0.39, 0.29) is 5.56 Å². The number of nitrogens with one attached hydrogen (secondary N) is 1. The van der Waals surface area contributed by atoms with E-state index in [4.69, 9.17) is 16.9 Å². The van der Waals surface area contributed by atoms with Gasteiger partial charge >= 0.3 is 0 Å². The summed E-state index contributed by atoms with van der Waals surface area (Å²) in [5.74, 6) is 0. The van der Waals surface area contributed by atoms with Crippen LogP contribution in [0.25, 0.3) is 10.9 Å². The standard InChI is InChI=1S/C11H7ClN2O/c1-6-7-3-2-4-9(12)10(7)14-11(15)8(6)5-13/h2-4H,1H3,(H,14,15). The molecule has 0 aliphatic carbocycles. The largest absolute Gasteiger partial charge is 0.319 e. The molecule has 0 spiro atoms. The molecule has 0 aliphatic heterocycles. The quantitative estimate of drug-likeness (QED) is 0.738. The minimum Gasteiger partial charge on any atom is -0.319 e. The molecule has 15 heavy (non-hydrogen) atoms. The molecule has 0 bridgehead atoms. The lowest BCUT2D eigenvalue weighted by Gasteiger charge is -2.04. The summed E-state index contributed by atoms with van der Waals surface area (Å²) in [4.78, 5) is 14.1. The topological polar surface area (TPSA) is 56.6 Å². The molecule has 0 atom stereocenters. The van der Waals surface area contributed by atoms with Crippen molar-refractivity contribution < 1.29 is 0 Å². The molecule has 1 aromatic carbocycles. The average Bonchev–Trinajstić information content (AvgIpc) is 2.20. The van der Waals surface area contributed by atoms with Crippen LogP contribution in [0.3, 0.4) is 0 Å². The van der Waals surface area contributed by atoms with E-state index in [1.807, 2.05) is 12.1 Å². The maximum atomic E-state index is 11.5. The van der Waals surface area contributed by atoms with Crippen molar-refractivity contribution in [2.75, 3.05) is 0 Å². The predicted molar refractivity (Wildman–Crippen MR) is 59.0 cm³/mol. The normalized spacial score (nSPS) is 10.2. The molecular weight excluding hydrogens is 212 g/mol. The second-order valence-electron chi connectivity index (χ2n) is 3.23. The van der Waals surface area contributed by atoms with Gasteiger partial charge in [-0.2, -0.15) is 5.26 Å². The number of nitrogens with zero attached hydrogens (tertiary/aromatic N) is 1. The van der Waals surface area contributed by atoms with Crippen LogP contribution >= 0.6 is 11.6 Å². The molecule has 0 saturated carbocycles. The van der Waals surface area contributed by atoms with Crippen LogP contribution in [0.2, 0.25) is 5.02 Å². The van der Waals surface area contributed by atoms with Crippen molar-refractivity contribution in [2.24, 2.45) is 0 Å². The van der Waals surface area contributed by atoms with E-state index in [0.29, 0.717) is 16.1 Å². The number of aromatic nitrogens is 1. The number of aryl methyl sites for hydroxylation is 1. The highest BCUT2D eigenvalue weighted by molar-refractivity contribution is 6.35. The monoisotopic (exact) mass is 218 g/mol. The molecule has 2 aromatic rings. The summed E-state index contributed by atoms with van der Waals surface area (Å²) in [5, 5.41) is 10.1. The minimum absolute atomic E-state index is 0.143. The molecule has 0 amide bonds. The van der Waals surface area contributed by atoms with Gasteiger partial charge in [0.05, 0.1) is 10.5 Å². The number of fused-ring (bicyclic) bond motifs is 1. The van der Waals surface area contributed by atoms with Crippen LogP contribution < -0.4 is 5.56 Å². The van der Waals surface area contributed by atoms with E-state index < -0.39 is 5.56 Å². The average molecular weight is 219 g/mol. The lowest BCUT2D eigenvalue weighted by molar-refractivity contribution is 1.24. The Morgan fingerprint density at radius 1 is 1.47 bits per heavy atom. The highest BCUT2D eigenvalue weighted by Gasteiger charge is 2.09. The summed E-state index contributed by atoms with van der Waals surface area (Å²) >= 11 is 5.94. The highest BCUT2D eigenvalue weighted by Crippen LogP contribution is 2.23. The smallest absolute Gasteiger partial charge is 0.266 e. The third-order valence-electron chi connectivity index (χ3n) is 2.37. The van der Waals surface area contributed by atoms with Gasteiger partial charge in [0.15, 0.2) is 0 Å². The summed E-state index contributed by atoms with van der Waals surface area (Å²) in [6.07, 6.45) is 0. The van der Waals surface area contributed by atoms with Gasteiger partial charge in [-0.05, 0) is 18.6 Å². The fraction of sp³-hybridized carbons (Fsp3) is 0.0909. The molecule has 1 N–H and O–H groups in total. The Balaban J connectivity index is 3.06. The Morgan fingerprint density at radius 3 is 2.87 bits per heavy atom. The first-order chi connectivity index (χ1) is 7.15. The van der Waals surface area contributed by atoms with Gasteiger partial charge in [-0.25, -0.2) is 0 Å². The van der Waals surface area contributed by atoms with Gasteiger partial charge in [-0.1, -0.05) is 23.7 Å². The molecule has 74 valence electrons. The second kappa shape index (κ2) is 3.41. The molecule has 0 aliphatic rings. The van der Waals surface area contributed by atoms with Gasteiger partial charge in [-0.15, -0.1) is 0 Å². The maximum absolute atomic E-state index is 11.5. The number of para-hydroxylation sites is 1. The number of hydrogen-bond donors (Lipinski definition) is 1. The van der Waals surface area contributed by atoms with Crippen LogP contribution in [0.15, 0.2) is 23.0 Å². The van der Waals surface area contributed by atoms with E-state index in [0.717, 1.165) is 5.39 Å². The first-order valence-corrected chi connectivity index (χ1v) is 4.74. The number of hydrogen-bond acceptors (Lipinski definition) is 2. The van der Waals surface area contributed by atoms with Crippen molar-refractivity contribution in [3.8, 4) is 6.07 Å². The minimum atomic E-state index is -0.393. The van der Waals surface area contributed by atoms with E-state index in [2.05, 4.69) is 4.98 Å². The first-order valence-electron chi connectivity index (χ1n) is 4.36. The Morgan fingerprint density at radius 2 is 2.20 bits per heavy atom. The first kappa shape index (κ1) is 9.75. The summed E-state index contributed by atoms with van der Waals surface area (Å²) in [7, 11) is 0. The SMILES string of the molecule is Cc1c(C#N)c(=O)[nH]c2c(Cl)cccc12. The third kappa shape index (κ3) is 1.39. The lowest BCUT2D eigenvalue weighted by Crippen LogP contribution is -2.12. The van der Waals surface area contributed by atoms with Crippen LogP contribution in [0.5, 0.6) is 0 Å². The van der Waals surface area contributed by atoms with Crippen molar-refractivity contribution in [3.05, 3.63) is 44.7 Å². The zero-order valence-corrected chi connectivity index (χ0v) is 8.72. The Kier molecular flexibility index (Phi) is 2.22. The molecule has 2 rings (SSSR count). The van der Waals surface area contributed by atoms with Gasteiger partial charge in [-0.3, -0.25) is 4.79 Å². The Hall–Kier alpha value is -1.79. The summed E-state index contributed by atoms with van der Waals surface area (Å²) in [6.45, 7) is 1.74. The van der Waals surface area contributed by atoms with Crippen molar-refractivity contribution in [1.82, 2.24) is 4.98 Å². The number of benzene rings is 1. The highest BCUT2D eigenvalue weighted by atomic mass is 35.5. The molecule has 4 heteroatoms. The molecule has 0 saturated heterocycles. The number of H-pyrrole nitrogens is 1. The Labute approximate surface area is 90.9 Å². The molecular formula is C11H7ClN2O. The van der Waals surface area contributed by atoms with E-state index in [9.17, 15) is 4.79 Å². The van der Waals surface area contributed by atoms with Crippen LogP contribution in [0.1, 0.15) is 11.1 Å². The van der Waals surface area contributed by atoms with Crippen LogP contribution in [0, 0.1) is 18.3 Å². The summed E-state index contributed by atoms with van der Waals surface area (Å²) in [5.41, 5.74) is 1.000. The van der Waals surface area contributed by atoms with Crippen molar-refractivity contribution >= 4 is 22.5 Å². The molecule has 3 nitrogen and oxygen atoms in total.